The predicted molar refractivity (Wildman–Crippen MR) is 116 cm³/mol. The van der Waals surface area contributed by atoms with Crippen LogP contribution in [0.2, 0.25) is 0 Å². The molecule has 1 atom stereocenters. The van der Waals surface area contributed by atoms with Crippen LogP contribution in [-0.2, 0) is 6.54 Å². The van der Waals surface area contributed by atoms with Crippen LogP contribution in [0.5, 0.6) is 0 Å². The van der Waals surface area contributed by atoms with Crippen LogP contribution in [0.1, 0.15) is 34.6 Å². The van der Waals surface area contributed by atoms with Gasteiger partial charge in [0.25, 0.3) is 5.91 Å². The first-order chi connectivity index (χ1) is 15.0. The van der Waals surface area contributed by atoms with E-state index in [0.717, 1.165) is 22.4 Å². The second kappa shape index (κ2) is 8.24. The van der Waals surface area contributed by atoms with E-state index < -0.39 is 5.91 Å². The van der Waals surface area contributed by atoms with Gasteiger partial charge in [-0.1, -0.05) is 6.07 Å². The lowest BCUT2D eigenvalue weighted by atomic mass is 10.0. The molecule has 4 aromatic rings. The lowest BCUT2D eigenvalue weighted by Crippen LogP contribution is -2.22. The van der Waals surface area contributed by atoms with Crippen LogP contribution in [-0.4, -0.2) is 30.5 Å². The maximum atomic E-state index is 12.0. The van der Waals surface area contributed by atoms with Gasteiger partial charge < -0.3 is 5.73 Å². The Morgan fingerprint density at radius 2 is 1.87 bits per heavy atom. The maximum absolute atomic E-state index is 12.0. The molecule has 2 N–H and O–H groups in total. The smallest absolute Gasteiger partial charge is 0.267 e. The number of hydrogen-bond donors (Lipinski definition) is 1. The zero-order valence-electron chi connectivity index (χ0n) is 17.2. The van der Waals surface area contributed by atoms with Crippen LogP contribution in [0.3, 0.4) is 0 Å². The van der Waals surface area contributed by atoms with Gasteiger partial charge in [0.2, 0.25) is 0 Å². The van der Waals surface area contributed by atoms with Crippen LogP contribution in [0.4, 0.5) is 0 Å². The molecular formula is C23H21N7O. The van der Waals surface area contributed by atoms with Gasteiger partial charge in [0.05, 0.1) is 35.6 Å². The number of benzene rings is 1. The van der Waals surface area contributed by atoms with Crippen molar-refractivity contribution in [2.75, 3.05) is 0 Å². The summed E-state index contributed by atoms with van der Waals surface area (Å²) in [6.45, 7) is 4.38. The van der Waals surface area contributed by atoms with Gasteiger partial charge in [0.1, 0.15) is 5.69 Å². The lowest BCUT2D eigenvalue weighted by Gasteiger charge is -2.14. The number of nitrogens with zero attached hydrogens (tertiary/aromatic N) is 6. The Kier molecular flexibility index (Phi) is 5.33. The fourth-order valence-corrected chi connectivity index (χ4v) is 3.49. The van der Waals surface area contributed by atoms with Gasteiger partial charge in [0.15, 0.2) is 0 Å². The molecule has 1 amide bonds. The summed E-state index contributed by atoms with van der Waals surface area (Å²) in [5.74, 6) is -0.533. The first-order valence-electron chi connectivity index (χ1n) is 9.80. The molecule has 1 aromatic carbocycles. The fraction of sp³-hybridized carbons (Fsp3) is 0.174. The molecule has 0 aliphatic carbocycles. The summed E-state index contributed by atoms with van der Waals surface area (Å²) in [4.78, 5) is 16.0. The van der Waals surface area contributed by atoms with Crippen molar-refractivity contribution in [2.24, 2.45) is 5.73 Å². The molecule has 0 aliphatic rings. The lowest BCUT2D eigenvalue weighted by molar-refractivity contribution is 0.0987. The van der Waals surface area contributed by atoms with E-state index in [-0.39, 0.29) is 6.04 Å². The molecule has 8 heteroatoms. The zero-order valence-corrected chi connectivity index (χ0v) is 17.2. The van der Waals surface area contributed by atoms with Gasteiger partial charge in [-0.3, -0.25) is 19.1 Å². The average molecular weight is 411 g/mol. The summed E-state index contributed by atoms with van der Waals surface area (Å²) in [6, 6.07) is 15.0. The molecular weight excluding hydrogens is 390 g/mol. The van der Waals surface area contributed by atoms with Crippen molar-refractivity contribution in [1.82, 2.24) is 24.5 Å². The van der Waals surface area contributed by atoms with Crippen LogP contribution >= 0.6 is 0 Å². The Bertz CT molecular complexity index is 1280. The highest BCUT2D eigenvalue weighted by Gasteiger charge is 2.19. The number of aryl methyl sites for hydroxylation is 1. The highest BCUT2D eigenvalue weighted by atomic mass is 16.1. The molecule has 0 bridgehead atoms. The van der Waals surface area contributed by atoms with E-state index in [4.69, 9.17) is 11.0 Å². The molecule has 0 aliphatic heterocycles. The van der Waals surface area contributed by atoms with Gasteiger partial charge in [-0.05, 0) is 55.8 Å². The maximum Gasteiger partial charge on any atom is 0.267 e. The third-order valence-electron chi connectivity index (χ3n) is 5.12. The third-order valence-corrected chi connectivity index (χ3v) is 5.12. The second-order valence-corrected chi connectivity index (χ2v) is 7.37. The molecule has 8 nitrogen and oxygen atoms in total. The minimum Gasteiger partial charge on any atom is -0.364 e. The summed E-state index contributed by atoms with van der Waals surface area (Å²) < 4.78 is 3.46. The minimum absolute atomic E-state index is 0.159. The standard InChI is InChI=1S/C23H21N7O/c1-15-11-18(3-4-19(15)13-24)20-7-10-29(27-20)14-16(2)30-22(23(25)31)12-21(28-30)17-5-8-26-9-6-17/h3-12,16H,14H2,1-2H3,(H2,25,31). The zero-order chi connectivity index (χ0) is 22.0. The number of primary amides is 1. The van der Waals surface area contributed by atoms with Gasteiger partial charge in [-0.2, -0.15) is 15.5 Å². The molecule has 3 heterocycles. The molecule has 0 spiro atoms. The molecule has 0 radical (unpaired) electrons. The van der Waals surface area contributed by atoms with Crippen molar-refractivity contribution < 1.29 is 4.79 Å². The number of rotatable bonds is 6. The van der Waals surface area contributed by atoms with Crippen LogP contribution in [0, 0.1) is 18.3 Å². The Morgan fingerprint density at radius 1 is 1.10 bits per heavy atom. The minimum atomic E-state index is -0.533. The second-order valence-electron chi connectivity index (χ2n) is 7.37. The first-order valence-corrected chi connectivity index (χ1v) is 9.80. The van der Waals surface area contributed by atoms with E-state index in [1.807, 2.05) is 55.1 Å². The Hall–Kier alpha value is -4.25. The van der Waals surface area contributed by atoms with Crippen molar-refractivity contribution in [3.63, 3.8) is 0 Å². The monoisotopic (exact) mass is 411 g/mol. The fourth-order valence-electron chi connectivity index (χ4n) is 3.49. The molecule has 0 saturated heterocycles. The Morgan fingerprint density at radius 3 is 2.55 bits per heavy atom. The predicted octanol–water partition coefficient (Wildman–Crippen LogP) is 3.35. The summed E-state index contributed by atoms with van der Waals surface area (Å²) >= 11 is 0. The molecule has 4 rings (SSSR count). The van der Waals surface area contributed by atoms with E-state index in [0.29, 0.717) is 23.5 Å². The highest BCUT2D eigenvalue weighted by molar-refractivity contribution is 5.92. The average Bonchev–Trinajstić information content (AvgIpc) is 3.42. The van der Waals surface area contributed by atoms with E-state index in [1.165, 1.54) is 0 Å². The third kappa shape index (κ3) is 4.07. The Labute approximate surface area is 179 Å². The van der Waals surface area contributed by atoms with E-state index in [2.05, 4.69) is 21.3 Å². The number of aromatic nitrogens is 5. The molecule has 1 unspecified atom stereocenters. The van der Waals surface area contributed by atoms with Gasteiger partial charge in [-0.15, -0.1) is 0 Å². The molecule has 154 valence electrons. The van der Waals surface area contributed by atoms with Crippen molar-refractivity contribution >= 4 is 5.91 Å². The van der Waals surface area contributed by atoms with Crippen LogP contribution < -0.4 is 5.73 Å². The SMILES string of the molecule is Cc1cc(-c2ccn(CC(C)n3nc(-c4ccncc4)cc3C(N)=O)n2)ccc1C#N. The number of hydrogen-bond acceptors (Lipinski definition) is 5. The largest absolute Gasteiger partial charge is 0.364 e. The molecule has 31 heavy (non-hydrogen) atoms. The van der Waals surface area contributed by atoms with Crippen molar-refractivity contribution in [3.8, 4) is 28.6 Å². The summed E-state index contributed by atoms with van der Waals surface area (Å²) in [6.07, 6.45) is 5.24. The van der Waals surface area contributed by atoms with Gasteiger partial charge in [-0.25, -0.2) is 0 Å². The van der Waals surface area contributed by atoms with E-state index in [1.54, 1.807) is 29.2 Å². The number of nitrogens with two attached hydrogens (primary N) is 1. The van der Waals surface area contributed by atoms with Crippen molar-refractivity contribution in [1.29, 1.82) is 5.26 Å². The summed E-state index contributed by atoms with van der Waals surface area (Å²) in [5, 5.41) is 18.4. The number of pyridine rings is 1. The van der Waals surface area contributed by atoms with Gasteiger partial charge in [0, 0.05) is 29.7 Å². The molecule has 0 fully saturated rings. The van der Waals surface area contributed by atoms with E-state index >= 15 is 0 Å². The molecule has 0 saturated carbocycles. The summed E-state index contributed by atoms with van der Waals surface area (Å²) in [7, 11) is 0. The number of carbonyl (C=O) groups excluding carboxylic acids is 1. The number of amides is 1. The summed E-state index contributed by atoms with van der Waals surface area (Å²) in [5.41, 5.74) is 10.8. The van der Waals surface area contributed by atoms with Crippen molar-refractivity contribution in [3.05, 3.63) is 77.9 Å². The van der Waals surface area contributed by atoms with Gasteiger partial charge >= 0.3 is 0 Å². The van der Waals surface area contributed by atoms with E-state index in [9.17, 15) is 4.79 Å². The first kappa shape index (κ1) is 20.0. The van der Waals surface area contributed by atoms with Crippen LogP contribution in [0.25, 0.3) is 22.5 Å². The quantitative estimate of drug-likeness (QED) is 0.522. The van der Waals surface area contributed by atoms with Crippen LogP contribution in [0.15, 0.2) is 61.1 Å². The number of carbonyl (C=O) groups is 1. The number of nitriles is 1. The highest BCUT2D eigenvalue weighted by Crippen LogP contribution is 2.23. The normalized spacial score (nSPS) is 11.8. The van der Waals surface area contributed by atoms with Crippen molar-refractivity contribution in [2.45, 2.75) is 26.4 Å². The topological polar surface area (TPSA) is 115 Å². The molecule has 3 aromatic heterocycles. The Balaban J connectivity index is 1.58.